The maximum Gasteiger partial charge on any atom is 0.341 e. The second-order valence-corrected chi connectivity index (χ2v) is 7.89. The normalized spacial score (nSPS) is 10.4. The van der Waals surface area contributed by atoms with Crippen LogP contribution in [-0.4, -0.2) is 18.5 Å². The molecule has 148 valence electrons. The van der Waals surface area contributed by atoms with Crippen LogP contribution in [-0.2, 0) is 16.1 Å². The number of carbonyl (C=O) groups is 2. The Hall–Kier alpha value is -2.89. The van der Waals surface area contributed by atoms with E-state index in [2.05, 4.69) is 27.3 Å². The van der Waals surface area contributed by atoms with Gasteiger partial charge in [-0.1, -0.05) is 24.3 Å². The minimum absolute atomic E-state index is 0.184. The maximum atomic E-state index is 12.5. The number of benzene rings is 2. The number of hydrogen-bond donors (Lipinski definition) is 1. The van der Waals surface area contributed by atoms with Gasteiger partial charge in [-0.25, -0.2) is 4.79 Å². The summed E-state index contributed by atoms with van der Waals surface area (Å²) in [5, 5.41) is 13.0. The molecule has 2 aromatic carbocycles. The first-order chi connectivity index (χ1) is 14.0. The highest BCUT2D eigenvalue weighted by Gasteiger charge is 2.24. The molecule has 0 fully saturated rings. The molecule has 1 amide bonds. The predicted octanol–water partition coefficient (Wildman–Crippen LogP) is 5.25. The Morgan fingerprint density at radius 3 is 2.69 bits per heavy atom. The zero-order valence-corrected chi connectivity index (χ0v) is 18.1. The number of halogens is 1. The van der Waals surface area contributed by atoms with Gasteiger partial charge in [0.2, 0.25) is 5.91 Å². The zero-order chi connectivity index (χ0) is 21.0. The molecule has 3 aromatic rings. The predicted molar refractivity (Wildman–Crippen MR) is 115 cm³/mol. The molecule has 29 heavy (non-hydrogen) atoms. The van der Waals surface area contributed by atoms with Gasteiger partial charge in [0.25, 0.3) is 0 Å². The van der Waals surface area contributed by atoms with Crippen molar-refractivity contribution < 1.29 is 19.1 Å². The monoisotopic (exact) mass is 472 g/mol. The summed E-state index contributed by atoms with van der Waals surface area (Å²) in [5.41, 5.74) is 1.59. The molecule has 1 aromatic heterocycles. The van der Waals surface area contributed by atoms with E-state index >= 15 is 0 Å². The van der Waals surface area contributed by atoms with E-state index in [9.17, 15) is 14.9 Å². The van der Waals surface area contributed by atoms with Crippen molar-refractivity contribution in [3.8, 4) is 11.8 Å². The van der Waals surface area contributed by atoms with Crippen LogP contribution in [0, 0.1) is 11.3 Å². The van der Waals surface area contributed by atoms with E-state index in [4.69, 9.17) is 9.47 Å². The molecule has 0 saturated carbocycles. The number of fused-ring (bicyclic) bond motifs is 1. The standard InChI is InChI=1S/C21H17BrN2O4S/c1-3-27-21(26)17-15-8-9-16(22)18(19(15)29-20(17)24-12(2)25)28-11-14-7-5-4-6-13(14)10-23/h4-9H,3,11H2,1-2H3,(H,24,25). The van der Waals surface area contributed by atoms with Gasteiger partial charge in [0.15, 0.2) is 5.75 Å². The molecule has 1 heterocycles. The quantitative estimate of drug-likeness (QED) is 0.494. The lowest BCUT2D eigenvalue weighted by atomic mass is 10.1. The summed E-state index contributed by atoms with van der Waals surface area (Å²) < 4.78 is 12.6. The SMILES string of the molecule is CCOC(=O)c1c(NC(C)=O)sc2c(OCc3ccccc3C#N)c(Br)ccc12. The van der Waals surface area contributed by atoms with Crippen LogP contribution in [0.5, 0.6) is 5.75 Å². The minimum atomic E-state index is -0.509. The van der Waals surface area contributed by atoms with E-state index in [1.807, 2.05) is 12.1 Å². The van der Waals surface area contributed by atoms with Crippen LogP contribution in [0.3, 0.4) is 0 Å². The fraction of sp³-hybridized carbons (Fsp3) is 0.190. The largest absolute Gasteiger partial charge is 0.486 e. The maximum absolute atomic E-state index is 12.5. The van der Waals surface area contributed by atoms with E-state index in [1.54, 1.807) is 31.2 Å². The van der Waals surface area contributed by atoms with Crippen molar-refractivity contribution in [2.24, 2.45) is 0 Å². The van der Waals surface area contributed by atoms with Crippen molar-refractivity contribution in [3.05, 3.63) is 57.6 Å². The number of nitrogens with one attached hydrogen (secondary N) is 1. The summed E-state index contributed by atoms with van der Waals surface area (Å²) in [5.74, 6) is -0.264. The summed E-state index contributed by atoms with van der Waals surface area (Å²) in [6, 6.07) is 12.9. The Balaban J connectivity index is 2.08. The van der Waals surface area contributed by atoms with Gasteiger partial charge in [-0.2, -0.15) is 5.26 Å². The van der Waals surface area contributed by atoms with E-state index in [0.29, 0.717) is 36.4 Å². The van der Waals surface area contributed by atoms with Gasteiger partial charge in [-0.05, 0) is 35.0 Å². The average Bonchev–Trinajstić information content (AvgIpc) is 3.05. The smallest absolute Gasteiger partial charge is 0.341 e. The molecule has 0 spiro atoms. The summed E-state index contributed by atoms with van der Waals surface area (Å²) in [7, 11) is 0. The Labute approximate surface area is 180 Å². The summed E-state index contributed by atoms with van der Waals surface area (Å²) in [6.45, 7) is 3.51. The first kappa shape index (κ1) is 20.8. The number of carbonyl (C=O) groups excluding carboxylic acids is 2. The van der Waals surface area contributed by atoms with Crippen molar-refractivity contribution in [1.82, 2.24) is 0 Å². The van der Waals surface area contributed by atoms with Gasteiger partial charge in [0.1, 0.15) is 17.2 Å². The highest BCUT2D eigenvalue weighted by Crippen LogP contribution is 2.44. The summed E-state index contributed by atoms with van der Waals surface area (Å²) in [4.78, 5) is 24.2. The second kappa shape index (κ2) is 9.07. The van der Waals surface area contributed by atoms with Crippen molar-refractivity contribution in [3.63, 3.8) is 0 Å². The van der Waals surface area contributed by atoms with E-state index in [0.717, 1.165) is 5.56 Å². The Morgan fingerprint density at radius 1 is 1.24 bits per heavy atom. The third kappa shape index (κ3) is 4.42. The molecule has 0 aliphatic carbocycles. The van der Waals surface area contributed by atoms with Crippen molar-refractivity contribution in [2.75, 3.05) is 11.9 Å². The van der Waals surface area contributed by atoms with Crippen LogP contribution < -0.4 is 10.1 Å². The van der Waals surface area contributed by atoms with Gasteiger partial charge in [0.05, 0.1) is 27.4 Å². The van der Waals surface area contributed by atoms with Gasteiger partial charge < -0.3 is 14.8 Å². The van der Waals surface area contributed by atoms with Gasteiger partial charge in [-0.15, -0.1) is 11.3 Å². The molecule has 0 unspecified atom stereocenters. The topological polar surface area (TPSA) is 88.4 Å². The highest BCUT2D eigenvalue weighted by atomic mass is 79.9. The molecular weight excluding hydrogens is 456 g/mol. The first-order valence-electron chi connectivity index (χ1n) is 8.76. The lowest BCUT2D eigenvalue weighted by molar-refractivity contribution is -0.114. The van der Waals surface area contributed by atoms with E-state index in [1.165, 1.54) is 18.3 Å². The second-order valence-electron chi connectivity index (χ2n) is 6.02. The number of rotatable bonds is 6. The molecule has 1 N–H and O–H groups in total. The highest BCUT2D eigenvalue weighted by molar-refractivity contribution is 9.10. The molecule has 0 saturated heterocycles. The van der Waals surface area contributed by atoms with Crippen LogP contribution in [0.2, 0.25) is 0 Å². The van der Waals surface area contributed by atoms with Gasteiger partial charge in [0, 0.05) is 17.9 Å². The minimum Gasteiger partial charge on any atom is -0.486 e. The molecule has 6 nitrogen and oxygen atoms in total. The van der Waals surface area contributed by atoms with Crippen LogP contribution in [0.25, 0.3) is 10.1 Å². The van der Waals surface area contributed by atoms with E-state index < -0.39 is 5.97 Å². The molecule has 3 rings (SSSR count). The van der Waals surface area contributed by atoms with Crippen LogP contribution >= 0.6 is 27.3 Å². The summed E-state index contributed by atoms with van der Waals surface area (Å²) in [6.07, 6.45) is 0. The van der Waals surface area contributed by atoms with Gasteiger partial charge >= 0.3 is 5.97 Å². The third-order valence-corrected chi connectivity index (χ3v) is 5.79. The number of hydrogen-bond acceptors (Lipinski definition) is 6. The van der Waals surface area contributed by atoms with Crippen molar-refractivity contribution in [2.45, 2.75) is 20.5 Å². The van der Waals surface area contributed by atoms with Crippen molar-refractivity contribution in [1.29, 1.82) is 5.26 Å². The molecule has 0 atom stereocenters. The molecule has 0 aliphatic heterocycles. The zero-order valence-electron chi connectivity index (χ0n) is 15.7. The molecule has 0 aliphatic rings. The first-order valence-corrected chi connectivity index (χ1v) is 10.4. The Bertz CT molecular complexity index is 1130. The average molecular weight is 473 g/mol. The van der Waals surface area contributed by atoms with Gasteiger partial charge in [-0.3, -0.25) is 4.79 Å². The number of nitriles is 1. The summed E-state index contributed by atoms with van der Waals surface area (Å²) >= 11 is 4.73. The number of nitrogens with zero attached hydrogens (tertiary/aromatic N) is 1. The third-order valence-electron chi connectivity index (χ3n) is 4.04. The number of ether oxygens (including phenoxy) is 2. The molecule has 0 radical (unpaired) electrons. The molecule has 8 heteroatoms. The molecular formula is C21H17BrN2O4S. The number of esters is 1. The number of amides is 1. The van der Waals surface area contributed by atoms with Crippen LogP contribution in [0.1, 0.15) is 35.3 Å². The number of anilines is 1. The van der Waals surface area contributed by atoms with Crippen LogP contribution in [0.15, 0.2) is 40.9 Å². The number of thiophene rings is 1. The van der Waals surface area contributed by atoms with Crippen molar-refractivity contribution >= 4 is 54.2 Å². The van der Waals surface area contributed by atoms with E-state index in [-0.39, 0.29) is 19.1 Å². The van der Waals surface area contributed by atoms with Crippen LogP contribution in [0.4, 0.5) is 5.00 Å². The lowest BCUT2D eigenvalue weighted by Gasteiger charge is -2.10. The Morgan fingerprint density at radius 2 is 2.00 bits per heavy atom. The fourth-order valence-electron chi connectivity index (χ4n) is 2.81. The Kier molecular flexibility index (Phi) is 6.52. The fourth-order valence-corrected chi connectivity index (χ4v) is 4.62. The molecule has 0 bridgehead atoms. The lowest BCUT2D eigenvalue weighted by Crippen LogP contribution is -2.10.